The molecule has 1 aliphatic heterocycles. The number of carbonyl (C=O) groups excluding carboxylic acids is 2. The molecule has 1 aliphatic rings. The molecule has 0 saturated carbocycles. The number of ether oxygens (including phenoxy) is 1. The Morgan fingerprint density at radius 2 is 2.10 bits per heavy atom. The van der Waals surface area contributed by atoms with Crippen molar-refractivity contribution in [1.82, 2.24) is 4.90 Å². The van der Waals surface area contributed by atoms with Crippen LogP contribution in [-0.2, 0) is 14.3 Å². The standard InChI is InChI=1S/C17H21NO3/c1-3-7-14-12-15(19)10-11-18(14)16(17(20)21-2)13-8-5-4-6-9-13/h4-6,8-11,14,16H,3,7,12H2,1-2H3/t14-,16-/m0/s1. The highest BCUT2D eigenvalue weighted by Crippen LogP contribution is 2.30. The number of esters is 1. The fraction of sp³-hybridized carbons (Fsp3) is 0.412. The van der Waals surface area contributed by atoms with Crippen LogP contribution in [0.4, 0.5) is 0 Å². The number of ketones is 1. The molecule has 1 heterocycles. The van der Waals surface area contributed by atoms with E-state index in [9.17, 15) is 9.59 Å². The first-order valence-electron chi connectivity index (χ1n) is 7.28. The number of hydrogen-bond donors (Lipinski definition) is 0. The zero-order valence-corrected chi connectivity index (χ0v) is 12.5. The summed E-state index contributed by atoms with van der Waals surface area (Å²) in [4.78, 5) is 25.9. The van der Waals surface area contributed by atoms with Gasteiger partial charge in [0.05, 0.1) is 7.11 Å². The first kappa shape index (κ1) is 15.3. The summed E-state index contributed by atoms with van der Waals surface area (Å²) < 4.78 is 4.97. The number of allylic oxidation sites excluding steroid dienone is 1. The van der Waals surface area contributed by atoms with E-state index < -0.39 is 6.04 Å². The topological polar surface area (TPSA) is 46.6 Å². The minimum atomic E-state index is -0.503. The van der Waals surface area contributed by atoms with Crippen molar-refractivity contribution in [3.05, 3.63) is 48.2 Å². The van der Waals surface area contributed by atoms with Gasteiger partial charge in [-0.3, -0.25) is 4.79 Å². The molecule has 1 aromatic rings. The van der Waals surface area contributed by atoms with Crippen LogP contribution in [0.1, 0.15) is 37.8 Å². The zero-order chi connectivity index (χ0) is 15.2. The molecule has 0 aliphatic carbocycles. The summed E-state index contributed by atoms with van der Waals surface area (Å²) in [5, 5.41) is 0. The lowest BCUT2D eigenvalue weighted by Crippen LogP contribution is -2.41. The molecule has 21 heavy (non-hydrogen) atoms. The van der Waals surface area contributed by atoms with Crippen LogP contribution in [0, 0.1) is 0 Å². The van der Waals surface area contributed by atoms with E-state index in [2.05, 4.69) is 6.92 Å². The van der Waals surface area contributed by atoms with Gasteiger partial charge in [0.25, 0.3) is 0 Å². The van der Waals surface area contributed by atoms with Crippen molar-refractivity contribution in [2.75, 3.05) is 7.11 Å². The number of nitrogens with zero attached hydrogens (tertiary/aromatic N) is 1. The van der Waals surface area contributed by atoms with Crippen molar-refractivity contribution in [2.24, 2.45) is 0 Å². The van der Waals surface area contributed by atoms with Crippen molar-refractivity contribution in [3.8, 4) is 0 Å². The van der Waals surface area contributed by atoms with Gasteiger partial charge >= 0.3 is 5.97 Å². The van der Waals surface area contributed by atoms with Crippen molar-refractivity contribution in [2.45, 2.75) is 38.3 Å². The first-order chi connectivity index (χ1) is 10.2. The molecule has 0 unspecified atom stereocenters. The van der Waals surface area contributed by atoms with Gasteiger partial charge in [0, 0.05) is 18.7 Å². The highest BCUT2D eigenvalue weighted by Gasteiger charge is 2.33. The summed E-state index contributed by atoms with van der Waals surface area (Å²) in [6.07, 6.45) is 5.57. The lowest BCUT2D eigenvalue weighted by molar-refractivity contribution is -0.147. The molecule has 0 amide bonds. The average Bonchev–Trinajstić information content (AvgIpc) is 2.51. The van der Waals surface area contributed by atoms with Crippen LogP contribution in [0.2, 0.25) is 0 Å². The van der Waals surface area contributed by atoms with E-state index in [-0.39, 0.29) is 17.8 Å². The predicted molar refractivity (Wildman–Crippen MR) is 80.5 cm³/mol. The second-order valence-corrected chi connectivity index (χ2v) is 5.21. The number of methoxy groups -OCH3 is 1. The Labute approximate surface area is 125 Å². The van der Waals surface area contributed by atoms with Gasteiger partial charge in [0.1, 0.15) is 0 Å². The molecule has 0 fully saturated rings. The maximum atomic E-state index is 12.3. The Bertz CT molecular complexity index is 524. The SMILES string of the molecule is CCC[C@H]1CC(=O)C=CN1[C@H](C(=O)OC)c1ccccc1. The summed E-state index contributed by atoms with van der Waals surface area (Å²) in [6, 6.07) is 9.08. The van der Waals surface area contributed by atoms with E-state index >= 15 is 0 Å². The van der Waals surface area contributed by atoms with Gasteiger partial charge in [0.2, 0.25) is 0 Å². The highest BCUT2D eigenvalue weighted by molar-refractivity contribution is 5.91. The second kappa shape index (κ2) is 7.07. The second-order valence-electron chi connectivity index (χ2n) is 5.21. The fourth-order valence-electron chi connectivity index (χ4n) is 2.75. The molecule has 112 valence electrons. The zero-order valence-electron chi connectivity index (χ0n) is 12.5. The maximum absolute atomic E-state index is 12.3. The summed E-state index contributed by atoms with van der Waals surface area (Å²) in [5.74, 6) is -0.192. The first-order valence-corrected chi connectivity index (χ1v) is 7.28. The van der Waals surface area contributed by atoms with Crippen LogP contribution < -0.4 is 0 Å². The van der Waals surface area contributed by atoms with E-state index in [0.717, 1.165) is 18.4 Å². The summed E-state index contributed by atoms with van der Waals surface area (Å²) in [6.45, 7) is 2.08. The fourth-order valence-corrected chi connectivity index (χ4v) is 2.75. The third-order valence-electron chi connectivity index (χ3n) is 3.75. The molecule has 4 heteroatoms. The minimum absolute atomic E-state index is 0.0387. The van der Waals surface area contributed by atoms with Gasteiger partial charge in [-0.1, -0.05) is 43.7 Å². The van der Waals surface area contributed by atoms with Crippen LogP contribution in [0.25, 0.3) is 0 Å². The van der Waals surface area contributed by atoms with Crippen molar-refractivity contribution in [3.63, 3.8) is 0 Å². The van der Waals surface area contributed by atoms with E-state index in [0.29, 0.717) is 6.42 Å². The largest absolute Gasteiger partial charge is 0.467 e. The molecule has 1 aromatic carbocycles. The summed E-state index contributed by atoms with van der Waals surface area (Å²) >= 11 is 0. The van der Waals surface area contributed by atoms with Crippen LogP contribution in [-0.4, -0.2) is 29.8 Å². The molecule has 0 bridgehead atoms. The van der Waals surface area contributed by atoms with Crippen LogP contribution in [0.5, 0.6) is 0 Å². The molecule has 0 spiro atoms. The molecule has 0 radical (unpaired) electrons. The van der Waals surface area contributed by atoms with Crippen LogP contribution in [0.3, 0.4) is 0 Å². The molecular weight excluding hydrogens is 266 g/mol. The smallest absolute Gasteiger partial charge is 0.333 e. The average molecular weight is 287 g/mol. The van der Waals surface area contributed by atoms with Crippen molar-refractivity contribution < 1.29 is 14.3 Å². The van der Waals surface area contributed by atoms with Crippen molar-refractivity contribution >= 4 is 11.8 Å². The molecule has 0 N–H and O–H groups in total. The number of rotatable bonds is 5. The van der Waals surface area contributed by atoms with Crippen LogP contribution in [0.15, 0.2) is 42.6 Å². The lowest BCUT2D eigenvalue weighted by atomic mass is 9.96. The summed E-state index contributed by atoms with van der Waals surface area (Å²) in [7, 11) is 1.39. The van der Waals surface area contributed by atoms with Gasteiger partial charge in [-0.2, -0.15) is 0 Å². The van der Waals surface area contributed by atoms with Gasteiger partial charge in [-0.15, -0.1) is 0 Å². The third kappa shape index (κ3) is 3.51. The van der Waals surface area contributed by atoms with Gasteiger partial charge < -0.3 is 9.64 Å². The Morgan fingerprint density at radius 1 is 1.38 bits per heavy atom. The number of benzene rings is 1. The monoisotopic (exact) mass is 287 g/mol. The third-order valence-corrected chi connectivity index (χ3v) is 3.75. The normalized spacial score (nSPS) is 19.4. The number of carbonyl (C=O) groups is 2. The Kier molecular flexibility index (Phi) is 5.14. The number of hydrogen-bond acceptors (Lipinski definition) is 4. The van der Waals surface area contributed by atoms with E-state index in [1.54, 1.807) is 12.3 Å². The van der Waals surface area contributed by atoms with Gasteiger partial charge in [-0.05, 0) is 18.1 Å². The van der Waals surface area contributed by atoms with Gasteiger partial charge in [0.15, 0.2) is 11.8 Å². The Balaban J connectivity index is 2.37. The van der Waals surface area contributed by atoms with Crippen LogP contribution >= 0.6 is 0 Å². The van der Waals surface area contributed by atoms with Crippen molar-refractivity contribution in [1.29, 1.82) is 0 Å². The Hall–Kier alpha value is -2.10. The highest BCUT2D eigenvalue weighted by atomic mass is 16.5. The molecule has 2 atom stereocenters. The van der Waals surface area contributed by atoms with E-state index in [4.69, 9.17) is 4.74 Å². The molecular formula is C17H21NO3. The lowest BCUT2D eigenvalue weighted by Gasteiger charge is -2.37. The maximum Gasteiger partial charge on any atom is 0.333 e. The Morgan fingerprint density at radius 3 is 2.71 bits per heavy atom. The summed E-state index contributed by atoms with van der Waals surface area (Å²) in [5.41, 5.74) is 0.879. The molecule has 0 aromatic heterocycles. The van der Waals surface area contributed by atoms with Gasteiger partial charge in [-0.25, -0.2) is 4.79 Å². The molecule has 2 rings (SSSR count). The molecule has 0 saturated heterocycles. The molecule has 4 nitrogen and oxygen atoms in total. The van der Waals surface area contributed by atoms with E-state index in [1.165, 1.54) is 7.11 Å². The predicted octanol–water partition coefficient (Wildman–Crippen LogP) is 2.86. The quantitative estimate of drug-likeness (QED) is 0.781. The minimum Gasteiger partial charge on any atom is -0.467 e. The van der Waals surface area contributed by atoms with E-state index in [1.807, 2.05) is 35.2 Å².